The number of hydrogen-bond donors (Lipinski definition) is 0. The zero-order valence-electron chi connectivity index (χ0n) is 12.5. The van der Waals surface area contributed by atoms with E-state index >= 15 is 0 Å². The van der Waals surface area contributed by atoms with Crippen LogP contribution in [0.15, 0.2) is 24.3 Å². The molecule has 1 aromatic rings. The molecule has 0 fully saturated rings. The maximum Gasteiger partial charge on any atom is 0.129 e. The predicted molar refractivity (Wildman–Crippen MR) is 80.0 cm³/mol. The van der Waals surface area contributed by atoms with Crippen LogP contribution in [0.4, 0.5) is 0 Å². The minimum absolute atomic E-state index is 0.291. The Labute approximate surface area is 113 Å². The molecular weight excluding hydrogens is 220 g/mol. The normalized spacial score (nSPS) is 9.56. The van der Waals surface area contributed by atoms with Gasteiger partial charge in [0.25, 0.3) is 0 Å². The number of hydrogen-bond acceptors (Lipinski definition) is 1. The van der Waals surface area contributed by atoms with E-state index in [-0.39, 0.29) is 0 Å². The van der Waals surface area contributed by atoms with E-state index in [1.807, 2.05) is 13.8 Å². The summed E-state index contributed by atoms with van der Waals surface area (Å²) in [4.78, 5) is 10.8. The highest BCUT2D eigenvalue weighted by molar-refractivity contribution is 5.75. The fourth-order valence-electron chi connectivity index (χ4n) is 1.79. The Morgan fingerprint density at radius 3 is 1.78 bits per heavy atom. The summed E-state index contributed by atoms with van der Waals surface area (Å²) in [6, 6.07) is 8.84. The van der Waals surface area contributed by atoms with Crippen LogP contribution in [0.2, 0.25) is 0 Å². The summed E-state index contributed by atoms with van der Waals surface area (Å²) in [6.45, 7) is 7.88. The second-order valence-corrected chi connectivity index (χ2v) is 4.48. The van der Waals surface area contributed by atoms with Gasteiger partial charge in [0, 0.05) is 6.42 Å². The number of aryl methyl sites for hydroxylation is 2. The molecule has 0 aromatic heterocycles. The molecule has 0 saturated heterocycles. The molecule has 0 aliphatic rings. The summed E-state index contributed by atoms with van der Waals surface area (Å²) in [5, 5.41) is 0. The van der Waals surface area contributed by atoms with Crippen LogP contribution in [-0.4, -0.2) is 5.78 Å². The lowest BCUT2D eigenvalue weighted by Crippen LogP contribution is -1.93. The number of carbonyl (C=O) groups is 1. The maximum atomic E-state index is 10.8. The molecular formula is C17H28O. The van der Waals surface area contributed by atoms with E-state index in [4.69, 9.17) is 0 Å². The van der Waals surface area contributed by atoms with E-state index in [1.54, 1.807) is 6.92 Å². The van der Waals surface area contributed by atoms with Crippen LogP contribution in [0.3, 0.4) is 0 Å². The summed E-state index contributed by atoms with van der Waals surface area (Å²) in [6.07, 6.45) is 6.41. The first-order chi connectivity index (χ1) is 8.72. The topological polar surface area (TPSA) is 17.1 Å². The number of carbonyl (C=O) groups excluding carboxylic acids is 1. The number of rotatable bonds is 7. The molecule has 0 heterocycles. The third-order valence-corrected chi connectivity index (χ3v) is 2.84. The zero-order chi connectivity index (χ0) is 13.8. The second-order valence-electron chi connectivity index (χ2n) is 4.48. The molecule has 0 N–H and O–H groups in total. The average Bonchev–Trinajstić information content (AvgIpc) is 2.40. The monoisotopic (exact) mass is 248 g/mol. The average molecular weight is 248 g/mol. The van der Waals surface area contributed by atoms with Crippen molar-refractivity contribution in [2.24, 2.45) is 0 Å². The highest BCUT2D eigenvalue weighted by Crippen LogP contribution is 2.10. The molecule has 0 radical (unpaired) electrons. The molecule has 0 aliphatic carbocycles. The zero-order valence-corrected chi connectivity index (χ0v) is 12.5. The van der Waals surface area contributed by atoms with Crippen molar-refractivity contribution in [2.75, 3.05) is 0 Å². The van der Waals surface area contributed by atoms with Crippen molar-refractivity contribution in [3.8, 4) is 0 Å². The van der Waals surface area contributed by atoms with Crippen molar-refractivity contribution >= 4 is 5.78 Å². The van der Waals surface area contributed by atoms with Gasteiger partial charge >= 0.3 is 0 Å². The molecule has 1 aromatic carbocycles. The number of unbranched alkanes of at least 4 members (excludes halogenated alkanes) is 1. The first-order valence-corrected chi connectivity index (χ1v) is 7.29. The van der Waals surface area contributed by atoms with Gasteiger partial charge in [-0.25, -0.2) is 0 Å². The minimum atomic E-state index is 0.291. The van der Waals surface area contributed by atoms with Crippen molar-refractivity contribution in [1.29, 1.82) is 0 Å². The van der Waals surface area contributed by atoms with E-state index < -0.39 is 0 Å². The lowest BCUT2D eigenvalue weighted by atomic mass is 10.0. The van der Waals surface area contributed by atoms with Crippen LogP contribution in [0.25, 0.3) is 0 Å². The largest absolute Gasteiger partial charge is 0.300 e. The van der Waals surface area contributed by atoms with Gasteiger partial charge in [0.1, 0.15) is 5.78 Å². The quantitative estimate of drug-likeness (QED) is 0.666. The molecule has 0 spiro atoms. The van der Waals surface area contributed by atoms with E-state index in [1.165, 1.54) is 30.4 Å². The van der Waals surface area contributed by atoms with Crippen molar-refractivity contribution in [2.45, 2.75) is 66.2 Å². The highest BCUT2D eigenvalue weighted by Gasteiger charge is 1.97. The lowest BCUT2D eigenvalue weighted by molar-refractivity contribution is -0.117. The summed E-state index contributed by atoms with van der Waals surface area (Å²) >= 11 is 0. The predicted octanol–water partition coefficient (Wildman–Crippen LogP) is 4.97. The van der Waals surface area contributed by atoms with Crippen molar-refractivity contribution in [1.82, 2.24) is 0 Å². The first kappa shape index (κ1) is 16.9. The molecule has 0 amide bonds. The lowest BCUT2D eigenvalue weighted by Gasteiger charge is -2.03. The van der Waals surface area contributed by atoms with Crippen molar-refractivity contribution in [3.63, 3.8) is 0 Å². The number of ketones is 1. The minimum Gasteiger partial charge on any atom is -0.300 e. The highest BCUT2D eigenvalue weighted by atomic mass is 16.1. The Morgan fingerprint density at radius 2 is 1.39 bits per heavy atom. The van der Waals surface area contributed by atoms with E-state index in [0.717, 1.165) is 12.8 Å². The molecule has 1 nitrogen and oxygen atoms in total. The molecule has 0 bridgehead atoms. The van der Waals surface area contributed by atoms with Gasteiger partial charge in [-0.1, -0.05) is 51.5 Å². The van der Waals surface area contributed by atoms with Gasteiger partial charge in [-0.3, -0.25) is 0 Å². The van der Waals surface area contributed by atoms with Crippen LogP contribution in [0, 0.1) is 0 Å². The SMILES string of the molecule is CC.CCCCc1ccc(CCCC(C)=O)cc1. The maximum absolute atomic E-state index is 10.8. The summed E-state index contributed by atoms with van der Waals surface area (Å²) < 4.78 is 0. The fraction of sp³-hybridized carbons (Fsp3) is 0.588. The van der Waals surface area contributed by atoms with E-state index in [0.29, 0.717) is 12.2 Å². The molecule has 1 heteroatoms. The Hall–Kier alpha value is -1.11. The second kappa shape index (κ2) is 11.0. The molecule has 0 atom stereocenters. The van der Waals surface area contributed by atoms with Gasteiger partial charge in [-0.05, 0) is 43.7 Å². The van der Waals surface area contributed by atoms with Gasteiger partial charge in [0.15, 0.2) is 0 Å². The van der Waals surface area contributed by atoms with Crippen LogP contribution >= 0.6 is 0 Å². The van der Waals surface area contributed by atoms with E-state index in [2.05, 4.69) is 31.2 Å². The fourth-order valence-corrected chi connectivity index (χ4v) is 1.79. The van der Waals surface area contributed by atoms with Gasteiger partial charge in [0.2, 0.25) is 0 Å². The molecule has 1 rings (SSSR count). The smallest absolute Gasteiger partial charge is 0.129 e. The van der Waals surface area contributed by atoms with Crippen LogP contribution < -0.4 is 0 Å². The van der Waals surface area contributed by atoms with Crippen molar-refractivity contribution in [3.05, 3.63) is 35.4 Å². The van der Waals surface area contributed by atoms with Gasteiger partial charge in [-0.2, -0.15) is 0 Å². The Balaban J connectivity index is 0.00000137. The first-order valence-electron chi connectivity index (χ1n) is 7.29. The summed E-state index contributed by atoms with van der Waals surface area (Å²) in [7, 11) is 0. The summed E-state index contributed by atoms with van der Waals surface area (Å²) in [5.41, 5.74) is 2.78. The standard InChI is InChI=1S/C15H22O.C2H6/c1-3-4-7-14-9-11-15(12-10-14)8-5-6-13(2)16;1-2/h9-12H,3-8H2,1-2H3;1-2H3. The Bertz CT molecular complexity index is 311. The van der Waals surface area contributed by atoms with Gasteiger partial charge in [0.05, 0.1) is 0 Å². The molecule has 0 aliphatic heterocycles. The molecule has 18 heavy (non-hydrogen) atoms. The number of benzene rings is 1. The Morgan fingerprint density at radius 1 is 0.944 bits per heavy atom. The summed E-state index contributed by atoms with van der Waals surface area (Å²) in [5.74, 6) is 0.291. The van der Waals surface area contributed by atoms with Crippen LogP contribution in [0.5, 0.6) is 0 Å². The van der Waals surface area contributed by atoms with Gasteiger partial charge < -0.3 is 4.79 Å². The van der Waals surface area contributed by atoms with Crippen LogP contribution in [0.1, 0.15) is 64.5 Å². The van der Waals surface area contributed by atoms with Gasteiger partial charge in [-0.15, -0.1) is 0 Å². The molecule has 102 valence electrons. The molecule has 0 unspecified atom stereocenters. The van der Waals surface area contributed by atoms with Crippen molar-refractivity contribution < 1.29 is 4.79 Å². The molecule has 0 saturated carbocycles. The third-order valence-electron chi connectivity index (χ3n) is 2.84. The van der Waals surface area contributed by atoms with E-state index in [9.17, 15) is 4.79 Å². The third kappa shape index (κ3) is 8.05. The Kier molecular flexibility index (Phi) is 10.3. The van der Waals surface area contributed by atoms with Crippen LogP contribution in [-0.2, 0) is 17.6 Å². The number of Topliss-reactive ketones (excluding diaryl/α,β-unsaturated/α-hetero) is 1.